The average molecular weight is 339 g/mol. The number of hydrogen-bond acceptors (Lipinski definition) is 5. The monoisotopic (exact) mass is 339 g/mol. The second-order valence-electron chi connectivity index (χ2n) is 7.07. The maximum absolute atomic E-state index is 12.0. The van der Waals surface area contributed by atoms with E-state index in [1.54, 1.807) is 13.8 Å². The minimum Gasteiger partial charge on any atom is -0.481 e. The van der Waals surface area contributed by atoms with E-state index in [2.05, 4.69) is 17.5 Å². The number of carbonyl (C=O) groups is 3. The Hall–Kier alpha value is -2.05. The largest absolute Gasteiger partial charge is 0.481 e. The van der Waals surface area contributed by atoms with Crippen LogP contribution in [-0.2, 0) is 19.1 Å². The molecule has 2 aliphatic carbocycles. The first-order valence-corrected chi connectivity index (χ1v) is 8.23. The second kappa shape index (κ2) is 7.23. The van der Waals surface area contributed by atoms with Crippen molar-refractivity contribution in [2.75, 3.05) is 6.54 Å². The predicted octanol–water partition coefficient (Wildman–Crippen LogP) is 2.31. The van der Waals surface area contributed by atoms with Crippen LogP contribution in [0.5, 0.6) is 0 Å². The molecule has 2 aliphatic rings. The van der Waals surface area contributed by atoms with Crippen molar-refractivity contribution >= 4 is 18.0 Å². The normalized spacial score (nSPS) is 28.7. The van der Waals surface area contributed by atoms with Gasteiger partial charge in [0.1, 0.15) is 0 Å². The van der Waals surface area contributed by atoms with E-state index in [1.165, 1.54) is 6.92 Å². The van der Waals surface area contributed by atoms with Gasteiger partial charge in [-0.05, 0) is 24.7 Å². The van der Waals surface area contributed by atoms with E-state index in [0.717, 1.165) is 12.8 Å². The van der Waals surface area contributed by atoms with Gasteiger partial charge in [0.25, 0.3) is 6.29 Å². The van der Waals surface area contributed by atoms with Crippen LogP contribution < -0.4 is 5.32 Å². The van der Waals surface area contributed by atoms with Crippen LogP contribution in [0.3, 0.4) is 0 Å². The predicted molar refractivity (Wildman–Crippen MR) is 84.9 cm³/mol. The summed E-state index contributed by atoms with van der Waals surface area (Å²) in [6.45, 7) is 5.02. The fraction of sp³-hybridized carbons (Fsp3) is 0.706. The fourth-order valence-electron chi connectivity index (χ4n) is 3.71. The van der Waals surface area contributed by atoms with Crippen LogP contribution in [0, 0.1) is 23.2 Å². The zero-order valence-corrected chi connectivity index (χ0v) is 14.3. The molecule has 0 spiro atoms. The zero-order chi connectivity index (χ0) is 17.9. The molecule has 7 heteroatoms. The highest BCUT2D eigenvalue weighted by Crippen LogP contribution is 2.57. The number of ether oxygens (including phenoxy) is 2. The van der Waals surface area contributed by atoms with Crippen LogP contribution in [0.15, 0.2) is 12.2 Å². The number of alkyl carbamates (subject to hydrolysis) is 1. The number of rotatable bonds is 7. The van der Waals surface area contributed by atoms with E-state index in [4.69, 9.17) is 9.47 Å². The second-order valence-corrected chi connectivity index (χ2v) is 7.07. The maximum atomic E-state index is 12.0. The molecule has 0 saturated heterocycles. The summed E-state index contributed by atoms with van der Waals surface area (Å²) in [7, 11) is 0. The molecule has 0 heterocycles. The van der Waals surface area contributed by atoms with Gasteiger partial charge in [0.2, 0.25) is 0 Å². The summed E-state index contributed by atoms with van der Waals surface area (Å²) < 4.78 is 10.1. The molecule has 0 aromatic rings. The molecule has 1 saturated carbocycles. The molecule has 0 radical (unpaired) electrons. The first-order valence-electron chi connectivity index (χ1n) is 8.23. The summed E-state index contributed by atoms with van der Waals surface area (Å²) in [5.41, 5.74) is -0.461. The Balaban J connectivity index is 1.92. The quantitative estimate of drug-likeness (QED) is 0.419. The summed E-state index contributed by atoms with van der Waals surface area (Å²) >= 11 is 0. The summed E-state index contributed by atoms with van der Waals surface area (Å²) in [6.07, 6.45) is 4.22. The first kappa shape index (κ1) is 18.3. The van der Waals surface area contributed by atoms with Gasteiger partial charge in [0.15, 0.2) is 0 Å². The van der Waals surface area contributed by atoms with Crippen molar-refractivity contribution in [3.05, 3.63) is 12.2 Å². The van der Waals surface area contributed by atoms with Crippen LogP contribution >= 0.6 is 0 Å². The van der Waals surface area contributed by atoms with Crippen LogP contribution in [-0.4, -0.2) is 36.0 Å². The van der Waals surface area contributed by atoms with Crippen molar-refractivity contribution in [2.45, 2.75) is 46.3 Å². The Morgan fingerprint density at radius 1 is 1.33 bits per heavy atom. The summed E-state index contributed by atoms with van der Waals surface area (Å²) in [4.78, 5) is 34.3. The minimum absolute atomic E-state index is 0.0103. The lowest BCUT2D eigenvalue weighted by Gasteiger charge is -2.51. The van der Waals surface area contributed by atoms with Crippen molar-refractivity contribution in [1.82, 2.24) is 5.32 Å². The maximum Gasteiger partial charge on any atom is 0.410 e. The molecule has 0 aromatic carbocycles. The van der Waals surface area contributed by atoms with Crippen molar-refractivity contribution in [1.29, 1.82) is 0 Å². The Morgan fingerprint density at radius 2 is 2.04 bits per heavy atom. The van der Waals surface area contributed by atoms with Gasteiger partial charge in [-0.15, -0.1) is 0 Å². The summed E-state index contributed by atoms with van der Waals surface area (Å²) in [6, 6.07) is 0. The Bertz CT molecular complexity index is 543. The van der Waals surface area contributed by atoms with Crippen LogP contribution in [0.4, 0.5) is 4.79 Å². The van der Waals surface area contributed by atoms with Gasteiger partial charge in [-0.3, -0.25) is 9.59 Å². The Labute approximate surface area is 141 Å². The summed E-state index contributed by atoms with van der Waals surface area (Å²) in [5.74, 6) is -0.918. The topological polar surface area (TPSA) is 102 Å². The van der Waals surface area contributed by atoms with Crippen molar-refractivity contribution < 1.29 is 29.0 Å². The van der Waals surface area contributed by atoms with E-state index in [0.29, 0.717) is 5.92 Å². The number of carbonyl (C=O) groups excluding carboxylic acids is 2. The molecule has 0 bridgehead atoms. The number of carboxylic acids is 1. The number of amides is 1. The lowest BCUT2D eigenvalue weighted by atomic mass is 9.53. The van der Waals surface area contributed by atoms with Gasteiger partial charge in [0.05, 0.1) is 6.42 Å². The van der Waals surface area contributed by atoms with Crippen LogP contribution in [0.1, 0.15) is 40.0 Å². The molecule has 1 amide bonds. The molecule has 2 N–H and O–H groups in total. The first-order chi connectivity index (χ1) is 11.2. The molecule has 24 heavy (non-hydrogen) atoms. The highest BCUT2D eigenvalue weighted by Gasteiger charge is 2.54. The Morgan fingerprint density at radius 3 is 2.58 bits per heavy atom. The molecule has 0 unspecified atom stereocenters. The Kier molecular flexibility index (Phi) is 5.51. The molecular weight excluding hydrogens is 314 g/mol. The van der Waals surface area contributed by atoms with Gasteiger partial charge in [-0.25, -0.2) is 4.79 Å². The third-order valence-corrected chi connectivity index (χ3v) is 4.80. The zero-order valence-electron chi connectivity index (χ0n) is 14.3. The number of hydrogen-bond donors (Lipinski definition) is 2. The molecule has 4 atom stereocenters. The third kappa shape index (κ3) is 4.07. The molecule has 7 nitrogen and oxygen atoms in total. The number of nitrogens with one attached hydrogen (secondary N) is 1. The van der Waals surface area contributed by atoms with E-state index in [-0.39, 0.29) is 24.8 Å². The SMILES string of the molecule is CC(=O)O[C@H](OC(=O)NC[C@@]1(CC(=O)O)C[C@@H]2CC=C[C@@H]21)C(C)C. The van der Waals surface area contributed by atoms with Gasteiger partial charge < -0.3 is 19.9 Å². The number of esters is 1. The van der Waals surface area contributed by atoms with Gasteiger partial charge in [-0.2, -0.15) is 0 Å². The standard InChI is InChI=1S/C17H25NO6/c1-10(2)15(23-11(3)19)24-16(22)18-9-17(8-14(20)21)7-12-5-4-6-13(12)17/h4,6,10,12-13,15H,5,7-9H2,1-3H3,(H,18,22)(H,20,21)/t12-,13-,15+,17-/m0/s1. The average Bonchev–Trinajstić information content (AvgIpc) is 2.84. The fourth-order valence-corrected chi connectivity index (χ4v) is 3.71. The van der Waals surface area contributed by atoms with Crippen molar-refractivity contribution in [2.24, 2.45) is 23.2 Å². The van der Waals surface area contributed by atoms with Crippen molar-refractivity contribution in [3.8, 4) is 0 Å². The number of allylic oxidation sites excluding steroid dienone is 2. The smallest absolute Gasteiger partial charge is 0.410 e. The number of carboxylic acid groups (broad SMARTS) is 1. The number of fused-ring (bicyclic) bond motifs is 1. The van der Waals surface area contributed by atoms with Gasteiger partial charge in [-0.1, -0.05) is 26.0 Å². The summed E-state index contributed by atoms with van der Waals surface area (Å²) in [5, 5.41) is 11.8. The van der Waals surface area contributed by atoms with Crippen LogP contribution in [0.2, 0.25) is 0 Å². The molecule has 0 aromatic heterocycles. The van der Waals surface area contributed by atoms with Gasteiger partial charge in [0, 0.05) is 24.8 Å². The number of aliphatic carboxylic acids is 1. The van der Waals surface area contributed by atoms with E-state index < -0.39 is 29.7 Å². The minimum atomic E-state index is -0.960. The molecule has 0 aliphatic heterocycles. The highest BCUT2D eigenvalue weighted by atomic mass is 16.7. The molecular formula is C17H25NO6. The third-order valence-electron chi connectivity index (χ3n) is 4.80. The lowest BCUT2D eigenvalue weighted by molar-refractivity contribution is -0.172. The molecule has 1 fully saturated rings. The highest BCUT2D eigenvalue weighted by molar-refractivity contribution is 5.70. The van der Waals surface area contributed by atoms with E-state index in [1.807, 2.05) is 0 Å². The van der Waals surface area contributed by atoms with Gasteiger partial charge >= 0.3 is 18.0 Å². The van der Waals surface area contributed by atoms with E-state index >= 15 is 0 Å². The lowest BCUT2D eigenvalue weighted by Crippen LogP contribution is -2.53. The van der Waals surface area contributed by atoms with Crippen molar-refractivity contribution in [3.63, 3.8) is 0 Å². The molecule has 2 rings (SSSR count). The molecule has 134 valence electrons. The van der Waals surface area contributed by atoms with E-state index in [9.17, 15) is 19.5 Å². The van der Waals surface area contributed by atoms with Crippen LogP contribution in [0.25, 0.3) is 0 Å².